The minimum atomic E-state index is -3.53. The van der Waals surface area contributed by atoms with E-state index in [0.717, 1.165) is 0 Å². The minimum absolute atomic E-state index is 0.0417. The Hall–Kier alpha value is -1.32. The summed E-state index contributed by atoms with van der Waals surface area (Å²) in [6.07, 6.45) is -3.53. The molecule has 0 aliphatic carbocycles. The summed E-state index contributed by atoms with van der Waals surface area (Å²) in [6, 6.07) is 5.54. The van der Waals surface area contributed by atoms with Gasteiger partial charge < -0.3 is 9.47 Å². The van der Waals surface area contributed by atoms with Crippen molar-refractivity contribution < 1.29 is 18.3 Å². The van der Waals surface area contributed by atoms with Crippen LogP contribution < -0.4 is 9.47 Å². The van der Waals surface area contributed by atoms with Crippen LogP contribution in [-0.2, 0) is 0 Å². The summed E-state index contributed by atoms with van der Waals surface area (Å²) in [6.45, 7) is 1.65. The quantitative estimate of drug-likeness (QED) is 0.595. The van der Waals surface area contributed by atoms with Gasteiger partial charge in [0.2, 0.25) is 0 Å². The highest BCUT2D eigenvalue weighted by Crippen LogP contribution is 2.42. The lowest BCUT2D eigenvalue weighted by atomic mass is 10.2. The van der Waals surface area contributed by atoms with Crippen LogP contribution in [-0.4, -0.2) is 6.29 Å². The SMILES string of the molecule is Cc1c[c]cc2c1OC(F)(F)O2. The monoisotopic (exact) mass is 171 g/mol. The highest BCUT2D eigenvalue weighted by atomic mass is 19.3. The first-order valence-corrected chi connectivity index (χ1v) is 3.35. The number of rotatable bonds is 0. The molecule has 0 amide bonds. The average Bonchev–Trinajstić information content (AvgIpc) is 2.25. The maximum Gasteiger partial charge on any atom is 0.586 e. The van der Waals surface area contributed by atoms with Crippen LogP contribution in [0.2, 0.25) is 0 Å². The van der Waals surface area contributed by atoms with Gasteiger partial charge in [0.15, 0.2) is 11.5 Å². The van der Waals surface area contributed by atoms with Crippen LogP contribution in [0.1, 0.15) is 5.56 Å². The van der Waals surface area contributed by atoms with Crippen molar-refractivity contribution >= 4 is 0 Å². The van der Waals surface area contributed by atoms with E-state index < -0.39 is 6.29 Å². The van der Waals surface area contributed by atoms with Crippen molar-refractivity contribution in [2.45, 2.75) is 13.2 Å². The van der Waals surface area contributed by atoms with E-state index in [-0.39, 0.29) is 11.5 Å². The first-order chi connectivity index (χ1) is 5.58. The molecule has 0 aromatic heterocycles. The first-order valence-electron chi connectivity index (χ1n) is 3.35. The van der Waals surface area contributed by atoms with Crippen LogP contribution in [0.15, 0.2) is 12.1 Å². The second-order valence-corrected chi connectivity index (χ2v) is 2.50. The molecule has 0 N–H and O–H groups in total. The van der Waals surface area contributed by atoms with Crippen LogP contribution in [0.4, 0.5) is 8.78 Å². The third-order valence-electron chi connectivity index (χ3n) is 1.55. The molecule has 1 aromatic rings. The number of alkyl halides is 2. The summed E-state index contributed by atoms with van der Waals surface area (Å²) in [5, 5.41) is 0. The number of benzene rings is 1. The van der Waals surface area contributed by atoms with Gasteiger partial charge in [-0.2, -0.15) is 0 Å². The second-order valence-electron chi connectivity index (χ2n) is 2.50. The van der Waals surface area contributed by atoms with Gasteiger partial charge in [0.05, 0.1) is 0 Å². The van der Waals surface area contributed by atoms with Gasteiger partial charge in [-0.3, -0.25) is 0 Å². The Morgan fingerprint density at radius 2 is 2.08 bits per heavy atom. The molecule has 1 aliphatic rings. The van der Waals surface area contributed by atoms with Crippen molar-refractivity contribution in [2.75, 3.05) is 0 Å². The smallest absolute Gasteiger partial charge is 0.395 e. The van der Waals surface area contributed by atoms with E-state index >= 15 is 0 Å². The third kappa shape index (κ3) is 0.995. The zero-order valence-corrected chi connectivity index (χ0v) is 6.23. The van der Waals surface area contributed by atoms with Crippen LogP contribution in [0, 0.1) is 13.0 Å². The fourth-order valence-electron chi connectivity index (χ4n) is 1.04. The number of hydrogen-bond acceptors (Lipinski definition) is 2. The molecule has 1 heterocycles. The fourth-order valence-corrected chi connectivity index (χ4v) is 1.04. The van der Waals surface area contributed by atoms with Gasteiger partial charge in [0.1, 0.15) is 0 Å². The van der Waals surface area contributed by atoms with Crippen molar-refractivity contribution in [1.82, 2.24) is 0 Å². The van der Waals surface area contributed by atoms with Gasteiger partial charge in [0, 0.05) is 0 Å². The predicted molar refractivity (Wildman–Crippen MR) is 36.2 cm³/mol. The molecule has 0 saturated carbocycles. The van der Waals surface area contributed by atoms with E-state index in [9.17, 15) is 8.78 Å². The topological polar surface area (TPSA) is 18.5 Å². The van der Waals surface area contributed by atoms with Crippen molar-refractivity contribution in [2.24, 2.45) is 0 Å². The van der Waals surface area contributed by atoms with Gasteiger partial charge in [-0.05, 0) is 30.7 Å². The van der Waals surface area contributed by atoms with Crippen LogP contribution in [0.3, 0.4) is 0 Å². The summed E-state index contributed by atoms with van der Waals surface area (Å²) in [5.74, 6) is 0.138. The lowest BCUT2D eigenvalue weighted by Crippen LogP contribution is -2.26. The standard InChI is InChI=1S/C8H5F2O2/c1-5-3-2-4-6-7(5)12-8(9,10)11-6/h3-4H,1H3. The Kier molecular flexibility index (Phi) is 1.28. The molecule has 0 atom stereocenters. The molecule has 1 aromatic carbocycles. The summed E-state index contributed by atoms with van der Waals surface area (Å²) in [7, 11) is 0. The van der Waals surface area contributed by atoms with Crippen molar-refractivity contribution in [3.05, 3.63) is 23.8 Å². The van der Waals surface area contributed by atoms with E-state index in [1.807, 2.05) is 0 Å². The highest BCUT2D eigenvalue weighted by molar-refractivity contribution is 5.47. The average molecular weight is 171 g/mol. The van der Waals surface area contributed by atoms with Gasteiger partial charge in [-0.1, -0.05) is 0 Å². The lowest BCUT2D eigenvalue weighted by molar-refractivity contribution is -0.286. The molecule has 0 spiro atoms. The first kappa shape index (κ1) is 7.34. The van der Waals surface area contributed by atoms with Crippen molar-refractivity contribution in [1.29, 1.82) is 0 Å². The third-order valence-corrected chi connectivity index (χ3v) is 1.55. The number of fused-ring (bicyclic) bond motifs is 1. The highest BCUT2D eigenvalue weighted by Gasteiger charge is 2.43. The van der Waals surface area contributed by atoms with E-state index in [0.29, 0.717) is 5.56 Å². The van der Waals surface area contributed by atoms with Gasteiger partial charge in [-0.15, -0.1) is 8.78 Å². The molecule has 1 radical (unpaired) electrons. The maximum absolute atomic E-state index is 12.5. The normalized spacial score (nSPS) is 17.9. The second kappa shape index (κ2) is 2.09. The summed E-state index contributed by atoms with van der Waals surface area (Å²) < 4.78 is 33.4. The molecule has 63 valence electrons. The number of aryl methyl sites for hydroxylation is 1. The fraction of sp³-hybridized carbons (Fsp3) is 0.250. The zero-order valence-electron chi connectivity index (χ0n) is 6.23. The Balaban J connectivity index is 2.48. The molecule has 12 heavy (non-hydrogen) atoms. The van der Waals surface area contributed by atoms with Crippen LogP contribution >= 0.6 is 0 Å². The molecule has 2 nitrogen and oxygen atoms in total. The van der Waals surface area contributed by atoms with E-state index in [1.54, 1.807) is 13.0 Å². The largest absolute Gasteiger partial charge is 0.586 e. The molecule has 0 fully saturated rings. The molecule has 2 rings (SSSR count). The van der Waals surface area contributed by atoms with Gasteiger partial charge >= 0.3 is 6.29 Å². The number of hydrogen-bond donors (Lipinski definition) is 0. The zero-order chi connectivity index (χ0) is 8.77. The van der Waals surface area contributed by atoms with E-state index in [4.69, 9.17) is 0 Å². The number of ether oxygens (including phenoxy) is 2. The van der Waals surface area contributed by atoms with Gasteiger partial charge in [0.25, 0.3) is 0 Å². The molecular formula is C8H5F2O2. The number of halogens is 2. The van der Waals surface area contributed by atoms with Crippen LogP contribution in [0.25, 0.3) is 0 Å². The van der Waals surface area contributed by atoms with Crippen LogP contribution in [0.5, 0.6) is 11.5 Å². The molecule has 4 heteroatoms. The Morgan fingerprint density at radius 3 is 2.75 bits per heavy atom. The van der Waals surface area contributed by atoms with Crippen molar-refractivity contribution in [3.8, 4) is 11.5 Å². The maximum atomic E-state index is 12.5. The van der Waals surface area contributed by atoms with Crippen molar-refractivity contribution in [3.63, 3.8) is 0 Å². The predicted octanol–water partition coefficient (Wildman–Crippen LogP) is 2.12. The molecule has 0 bridgehead atoms. The molecule has 0 unspecified atom stereocenters. The Morgan fingerprint density at radius 1 is 1.33 bits per heavy atom. The van der Waals surface area contributed by atoms with E-state index in [1.165, 1.54) is 6.07 Å². The van der Waals surface area contributed by atoms with E-state index in [2.05, 4.69) is 15.5 Å². The molecule has 0 saturated heterocycles. The van der Waals surface area contributed by atoms with Gasteiger partial charge in [-0.25, -0.2) is 0 Å². The summed E-state index contributed by atoms with van der Waals surface area (Å²) >= 11 is 0. The summed E-state index contributed by atoms with van der Waals surface area (Å²) in [5.41, 5.74) is 0.588. The Bertz CT molecular complexity index is 323. The lowest BCUT2D eigenvalue weighted by Gasteiger charge is -2.04. The molecule has 1 aliphatic heterocycles. The minimum Gasteiger partial charge on any atom is -0.395 e. The molecular weight excluding hydrogens is 166 g/mol. The summed E-state index contributed by atoms with van der Waals surface area (Å²) in [4.78, 5) is 0. The Labute approximate surface area is 67.7 Å².